The number of aromatic nitrogens is 2. The van der Waals surface area contributed by atoms with Gasteiger partial charge >= 0.3 is 0 Å². The maximum atomic E-state index is 13.5. The fraction of sp³-hybridized carbons (Fsp3) is 0.125. The van der Waals surface area contributed by atoms with Gasteiger partial charge in [-0.3, -0.25) is 4.79 Å². The maximum absolute atomic E-state index is 13.5. The summed E-state index contributed by atoms with van der Waals surface area (Å²) in [5.74, 6) is 0.138. The number of rotatable bonds is 3. The molecule has 0 saturated heterocycles. The number of carbonyl (C=O) groups is 1. The SMILES string of the molecule is Cc1nc2ccc(CC(=O)Nc3ccccc3F)cc2[nH]1. The highest BCUT2D eigenvalue weighted by atomic mass is 19.1. The first-order valence-corrected chi connectivity index (χ1v) is 6.61. The molecule has 0 radical (unpaired) electrons. The lowest BCUT2D eigenvalue weighted by molar-refractivity contribution is -0.115. The second kappa shape index (κ2) is 5.36. The third-order valence-corrected chi connectivity index (χ3v) is 3.18. The number of nitrogens with zero attached hydrogens (tertiary/aromatic N) is 1. The molecule has 0 aliphatic rings. The number of carbonyl (C=O) groups excluding carboxylic acids is 1. The Bertz CT molecular complexity index is 810. The molecule has 0 aliphatic carbocycles. The quantitative estimate of drug-likeness (QED) is 0.775. The molecule has 1 aromatic heterocycles. The van der Waals surface area contributed by atoms with Crippen molar-refractivity contribution >= 4 is 22.6 Å². The minimum absolute atomic E-state index is 0.183. The number of nitrogens with one attached hydrogen (secondary N) is 2. The van der Waals surface area contributed by atoms with Crippen LogP contribution < -0.4 is 5.32 Å². The highest BCUT2D eigenvalue weighted by Gasteiger charge is 2.08. The Morgan fingerprint density at radius 2 is 2.10 bits per heavy atom. The molecule has 0 aliphatic heterocycles. The summed E-state index contributed by atoms with van der Waals surface area (Å²) in [7, 11) is 0. The van der Waals surface area contributed by atoms with Crippen LogP contribution in [0.3, 0.4) is 0 Å². The van der Waals surface area contributed by atoms with Gasteiger partial charge in [0, 0.05) is 0 Å². The van der Waals surface area contributed by atoms with E-state index in [1.54, 1.807) is 12.1 Å². The lowest BCUT2D eigenvalue weighted by Crippen LogP contribution is -2.15. The molecule has 0 atom stereocenters. The zero-order chi connectivity index (χ0) is 14.8. The molecule has 0 spiro atoms. The molecule has 0 saturated carbocycles. The average Bonchev–Trinajstić information content (AvgIpc) is 2.80. The molecule has 2 aromatic carbocycles. The van der Waals surface area contributed by atoms with E-state index in [9.17, 15) is 9.18 Å². The van der Waals surface area contributed by atoms with Gasteiger partial charge in [-0.05, 0) is 36.8 Å². The molecule has 3 rings (SSSR count). The van der Waals surface area contributed by atoms with Gasteiger partial charge in [0.05, 0.1) is 23.1 Å². The predicted molar refractivity (Wildman–Crippen MR) is 79.6 cm³/mol. The zero-order valence-corrected chi connectivity index (χ0v) is 11.5. The van der Waals surface area contributed by atoms with Crippen molar-refractivity contribution in [3.8, 4) is 0 Å². The number of benzene rings is 2. The standard InChI is InChI=1S/C16H14FN3O/c1-10-18-14-7-6-11(8-15(14)19-10)9-16(21)20-13-5-3-2-4-12(13)17/h2-8H,9H2,1H3,(H,18,19)(H,20,21). The van der Waals surface area contributed by atoms with Gasteiger partial charge in [-0.1, -0.05) is 18.2 Å². The monoisotopic (exact) mass is 283 g/mol. The summed E-state index contributed by atoms with van der Waals surface area (Å²) in [6.45, 7) is 1.88. The zero-order valence-electron chi connectivity index (χ0n) is 11.5. The van der Waals surface area contributed by atoms with Gasteiger partial charge in [-0.25, -0.2) is 9.37 Å². The van der Waals surface area contributed by atoms with Crippen molar-refractivity contribution in [3.63, 3.8) is 0 Å². The Labute approximate surface area is 121 Å². The van der Waals surface area contributed by atoms with Crippen LogP contribution in [0.5, 0.6) is 0 Å². The molecule has 1 heterocycles. The van der Waals surface area contributed by atoms with Crippen LogP contribution >= 0.6 is 0 Å². The third kappa shape index (κ3) is 2.91. The number of aromatic amines is 1. The number of hydrogen-bond donors (Lipinski definition) is 2. The minimum atomic E-state index is -0.439. The van der Waals surface area contributed by atoms with Crippen LogP contribution in [0, 0.1) is 12.7 Å². The van der Waals surface area contributed by atoms with Crippen molar-refractivity contribution in [1.82, 2.24) is 9.97 Å². The maximum Gasteiger partial charge on any atom is 0.228 e. The van der Waals surface area contributed by atoms with E-state index in [0.717, 1.165) is 22.4 Å². The highest BCUT2D eigenvalue weighted by molar-refractivity contribution is 5.93. The molecule has 106 valence electrons. The Morgan fingerprint density at radius 3 is 2.90 bits per heavy atom. The van der Waals surface area contributed by atoms with Crippen LogP contribution in [-0.2, 0) is 11.2 Å². The first-order chi connectivity index (χ1) is 10.1. The summed E-state index contributed by atoms with van der Waals surface area (Å²) >= 11 is 0. The molecular formula is C16H14FN3O. The number of H-pyrrole nitrogens is 1. The smallest absolute Gasteiger partial charge is 0.228 e. The normalized spacial score (nSPS) is 10.8. The molecule has 2 N–H and O–H groups in total. The first-order valence-electron chi connectivity index (χ1n) is 6.61. The predicted octanol–water partition coefficient (Wildman–Crippen LogP) is 3.19. The van der Waals surface area contributed by atoms with E-state index < -0.39 is 5.82 Å². The largest absolute Gasteiger partial charge is 0.342 e. The van der Waals surface area contributed by atoms with E-state index in [4.69, 9.17) is 0 Å². The number of hydrogen-bond acceptors (Lipinski definition) is 2. The summed E-state index contributed by atoms with van der Waals surface area (Å²) in [6, 6.07) is 11.7. The van der Waals surface area contributed by atoms with Crippen LogP contribution in [0.25, 0.3) is 11.0 Å². The fourth-order valence-corrected chi connectivity index (χ4v) is 2.24. The van der Waals surface area contributed by atoms with Crippen LogP contribution in [-0.4, -0.2) is 15.9 Å². The van der Waals surface area contributed by atoms with Crippen molar-refractivity contribution in [3.05, 3.63) is 59.7 Å². The molecule has 5 heteroatoms. The van der Waals surface area contributed by atoms with E-state index in [1.807, 2.05) is 25.1 Å². The number of halogens is 1. The lowest BCUT2D eigenvalue weighted by atomic mass is 10.1. The molecule has 0 bridgehead atoms. The van der Waals surface area contributed by atoms with Crippen molar-refractivity contribution < 1.29 is 9.18 Å². The van der Waals surface area contributed by atoms with Gasteiger partial charge < -0.3 is 10.3 Å². The topological polar surface area (TPSA) is 57.8 Å². The van der Waals surface area contributed by atoms with Crippen molar-refractivity contribution in [2.45, 2.75) is 13.3 Å². The molecule has 4 nitrogen and oxygen atoms in total. The lowest BCUT2D eigenvalue weighted by Gasteiger charge is -2.06. The van der Waals surface area contributed by atoms with E-state index >= 15 is 0 Å². The van der Waals surface area contributed by atoms with E-state index in [2.05, 4.69) is 15.3 Å². The highest BCUT2D eigenvalue weighted by Crippen LogP contribution is 2.16. The number of fused-ring (bicyclic) bond motifs is 1. The summed E-state index contributed by atoms with van der Waals surface area (Å²) in [4.78, 5) is 19.4. The molecule has 1 amide bonds. The number of amides is 1. The Kier molecular flexibility index (Phi) is 3.39. The van der Waals surface area contributed by atoms with Crippen LogP contribution in [0.1, 0.15) is 11.4 Å². The summed E-state index contributed by atoms with van der Waals surface area (Å²) in [6.07, 6.45) is 0.183. The van der Waals surface area contributed by atoms with Crippen molar-refractivity contribution in [2.75, 3.05) is 5.32 Å². The van der Waals surface area contributed by atoms with E-state index in [1.165, 1.54) is 12.1 Å². The Hall–Kier alpha value is -2.69. The van der Waals surface area contributed by atoms with E-state index in [0.29, 0.717) is 0 Å². The summed E-state index contributed by atoms with van der Waals surface area (Å²) < 4.78 is 13.5. The fourth-order valence-electron chi connectivity index (χ4n) is 2.24. The van der Waals surface area contributed by atoms with Gasteiger partial charge in [0.25, 0.3) is 0 Å². The van der Waals surface area contributed by atoms with Crippen molar-refractivity contribution in [2.24, 2.45) is 0 Å². The Morgan fingerprint density at radius 1 is 1.29 bits per heavy atom. The second-order valence-corrected chi connectivity index (χ2v) is 4.88. The number of anilines is 1. The van der Waals surface area contributed by atoms with E-state index in [-0.39, 0.29) is 18.0 Å². The minimum Gasteiger partial charge on any atom is -0.342 e. The first kappa shape index (κ1) is 13.3. The number of imidazole rings is 1. The molecule has 3 aromatic rings. The third-order valence-electron chi connectivity index (χ3n) is 3.18. The van der Waals surface area contributed by atoms with Crippen LogP contribution in [0.15, 0.2) is 42.5 Å². The van der Waals surface area contributed by atoms with Crippen LogP contribution in [0.2, 0.25) is 0 Å². The van der Waals surface area contributed by atoms with Gasteiger partial charge in [-0.15, -0.1) is 0 Å². The summed E-state index contributed by atoms with van der Waals surface area (Å²) in [5.41, 5.74) is 2.80. The number of para-hydroxylation sites is 1. The summed E-state index contributed by atoms with van der Waals surface area (Å²) in [5, 5.41) is 2.57. The molecular weight excluding hydrogens is 269 g/mol. The average molecular weight is 283 g/mol. The molecule has 0 unspecified atom stereocenters. The van der Waals surface area contributed by atoms with Gasteiger partial charge in [0.2, 0.25) is 5.91 Å². The molecule has 0 fully saturated rings. The van der Waals surface area contributed by atoms with Crippen LogP contribution in [0.4, 0.5) is 10.1 Å². The number of aryl methyl sites for hydroxylation is 1. The van der Waals surface area contributed by atoms with Gasteiger partial charge in [0.1, 0.15) is 11.6 Å². The van der Waals surface area contributed by atoms with Crippen molar-refractivity contribution in [1.29, 1.82) is 0 Å². The second-order valence-electron chi connectivity index (χ2n) is 4.88. The van der Waals surface area contributed by atoms with Gasteiger partial charge in [-0.2, -0.15) is 0 Å². The molecule has 21 heavy (non-hydrogen) atoms. The Balaban J connectivity index is 1.75. The van der Waals surface area contributed by atoms with Gasteiger partial charge in [0.15, 0.2) is 0 Å².